The second-order valence-corrected chi connectivity index (χ2v) is 6.88. The minimum Gasteiger partial charge on any atom is -0.398 e. The molecule has 0 aliphatic rings. The topological polar surface area (TPSA) is 80.5 Å². The summed E-state index contributed by atoms with van der Waals surface area (Å²) in [7, 11) is -0.737. The predicted molar refractivity (Wildman–Crippen MR) is 81.6 cm³/mol. The molecule has 2 rings (SSSR count). The van der Waals surface area contributed by atoms with Crippen LogP contribution < -0.4 is 5.73 Å². The zero-order valence-corrected chi connectivity index (χ0v) is 12.6. The SMILES string of the molecule is CN(C)S(=O)(=O)c1ccc(N)c(C(=O)c2ccccc2)c1. The number of rotatable bonds is 4. The first-order chi connectivity index (χ1) is 9.84. The zero-order chi connectivity index (χ0) is 15.6. The van der Waals surface area contributed by atoms with E-state index >= 15 is 0 Å². The molecule has 0 fully saturated rings. The molecule has 0 atom stereocenters. The lowest BCUT2D eigenvalue weighted by atomic mass is 10.0. The van der Waals surface area contributed by atoms with E-state index in [1.54, 1.807) is 30.3 Å². The molecule has 2 N–H and O–H groups in total. The van der Waals surface area contributed by atoms with Gasteiger partial charge in [-0.15, -0.1) is 0 Å². The van der Waals surface area contributed by atoms with E-state index in [4.69, 9.17) is 5.73 Å². The van der Waals surface area contributed by atoms with Crippen molar-refractivity contribution in [3.05, 3.63) is 59.7 Å². The van der Waals surface area contributed by atoms with Crippen molar-refractivity contribution in [1.82, 2.24) is 4.31 Å². The van der Waals surface area contributed by atoms with Gasteiger partial charge in [0.2, 0.25) is 10.0 Å². The van der Waals surface area contributed by atoms with E-state index in [9.17, 15) is 13.2 Å². The third kappa shape index (κ3) is 2.96. The molecular weight excluding hydrogens is 288 g/mol. The summed E-state index contributed by atoms with van der Waals surface area (Å²) in [6.07, 6.45) is 0. The number of anilines is 1. The summed E-state index contributed by atoms with van der Waals surface area (Å²) in [6, 6.07) is 12.8. The molecule has 0 aromatic heterocycles. The monoisotopic (exact) mass is 304 g/mol. The fourth-order valence-electron chi connectivity index (χ4n) is 1.85. The highest BCUT2D eigenvalue weighted by Gasteiger charge is 2.20. The molecule has 110 valence electrons. The van der Waals surface area contributed by atoms with Gasteiger partial charge < -0.3 is 5.73 Å². The maximum atomic E-state index is 12.4. The van der Waals surface area contributed by atoms with Gasteiger partial charge in [0.25, 0.3) is 0 Å². The first-order valence-corrected chi connectivity index (χ1v) is 7.70. The third-order valence-corrected chi connectivity index (χ3v) is 4.90. The Bertz CT molecular complexity index is 769. The van der Waals surface area contributed by atoms with Gasteiger partial charge in [-0.3, -0.25) is 4.79 Å². The number of nitrogens with zero attached hydrogens (tertiary/aromatic N) is 1. The molecule has 0 unspecified atom stereocenters. The van der Waals surface area contributed by atoms with Crippen LogP contribution in [0.5, 0.6) is 0 Å². The van der Waals surface area contributed by atoms with E-state index in [-0.39, 0.29) is 21.9 Å². The normalized spacial score (nSPS) is 11.6. The molecule has 0 radical (unpaired) electrons. The summed E-state index contributed by atoms with van der Waals surface area (Å²) in [5, 5.41) is 0. The lowest BCUT2D eigenvalue weighted by Gasteiger charge is -2.13. The van der Waals surface area contributed by atoms with Crippen LogP contribution in [-0.2, 0) is 10.0 Å². The molecule has 21 heavy (non-hydrogen) atoms. The molecule has 0 saturated heterocycles. The number of nitrogen functional groups attached to an aromatic ring is 1. The summed E-state index contributed by atoms with van der Waals surface area (Å²) in [5.74, 6) is -0.302. The predicted octanol–water partition coefficient (Wildman–Crippen LogP) is 1.75. The Morgan fingerprint density at radius 1 is 1.05 bits per heavy atom. The van der Waals surface area contributed by atoms with Crippen molar-refractivity contribution in [3.63, 3.8) is 0 Å². The average molecular weight is 304 g/mol. The van der Waals surface area contributed by atoms with Crippen LogP contribution in [0.25, 0.3) is 0 Å². The van der Waals surface area contributed by atoms with Gasteiger partial charge in [-0.2, -0.15) is 0 Å². The van der Waals surface area contributed by atoms with E-state index < -0.39 is 10.0 Å². The van der Waals surface area contributed by atoms with Crippen LogP contribution in [0.3, 0.4) is 0 Å². The van der Waals surface area contributed by atoms with Crippen molar-refractivity contribution in [2.24, 2.45) is 0 Å². The molecule has 0 bridgehead atoms. The number of carbonyl (C=O) groups excluding carboxylic acids is 1. The summed E-state index contributed by atoms with van der Waals surface area (Å²) >= 11 is 0. The molecule has 2 aromatic rings. The van der Waals surface area contributed by atoms with Crippen molar-refractivity contribution in [1.29, 1.82) is 0 Å². The standard InChI is InChI=1S/C15H16N2O3S/c1-17(2)21(19,20)12-8-9-14(16)13(10-12)15(18)11-6-4-3-5-7-11/h3-10H,16H2,1-2H3. The Kier molecular flexibility index (Phi) is 4.11. The summed E-state index contributed by atoms with van der Waals surface area (Å²) in [5.41, 5.74) is 6.72. The lowest BCUT2D eigenvalue weighted by molar-refractivity contribution is 0.103. The number of nitrogens with two attached hydrogens (primary N) is 1. The molecule has 6 heteroatoms. The van der Waals surface area contributed by atoms with Gasteiger partial charge in [0, 0.05) is 30.9 Å². The van der Waals surface area contributed by atoms with Gasteiger partial charge >= 0.3 is 0 Å². The Balaban J connectivity index is 2.53. The number of benzene rings is 2. The molecule has 0 spiro atoms. The van der Waals surface area contributed by atoms with Gasteiger partial charge in [-0.1, -0.05) is 30.3 Å². The quantitative estimate of drug-likeness (QED) is 0.689. The molecule has 0 aliphatic carbocycles. The van der Waals surface area contributed by atoms with E-state index in [1.807, 2.05) is 0 Å². The number of hydrogen-bond donors (Lipinski definition) is 1. The molecule has 2 aromatic carbocycles. The van der Waals surface area contributed by atoms with Gasteiger partial charge in [0.15, 0.2) is 5.78 Å². The van der Waals surface area contributed by atoms with E-state index in [0.717, 1.165) is 4.31 Å². The minimum absolute atomic E-state index is 0.0426. The van der Waals surface area contributed by atoms with Crippen LogP contribution in [0.4, 0.5) is 5.69 Å². The Labute approximate surface area is 124 Å². The van der Waals surface area contributed by atoms with Crippen LogP contribution in [0, 0.1) is 0 Å². The van der Waals surface area contributed by atoms with Gasteiger partial charge in [-0.25, -0.2) is 12.7 Å². The van der Waals surface area contributed by atoms with Crippen LogP contribution in [0.2, 0.25) is 0 Å². The number of hydrogen-bond acceptors (Lipinski definition) is 4. The smallest absolute Gasteiger partial charge is 0.242 e. The van der Waals surface area contributed by atoms with Crippen molar-refractivity contribution >= 4 is 21.5 Å². The minimum atomic E-state index is -3.61. The van der Waals surface area contributed by atoms with Crippen LogP contribution in [-0.4, -0.2) is 32.6 Å². The fourth-order valence-corrected chi connectivity index (χ4v) is 2.78. The molecule has 0 aliphatic heterocycles. The molecular formula is C15H16N2O3S. The second-order valence-electron chi connectivity index (χ2n) is 4.73. The van der Waals surface area contributed by atoms with Crippen molar-refractivity contribution in [2.75, 3.05) is 19.8 Å². The average Bonchev–Trinajstić information content (AvgIpc) is 2.47. The van der Waals surface area contributed by atoms with E-state index in [2.05, 4.69) is 0 Å². The maximum absolute atomic E-state index is 12.4. The highest BCUT2D eigenvalue weighted by atomic mass is 32.2. The van der Waals surface area contributed by atoms with Gasteiger partial charge in [-0.05, 0) is 18.2 Å². The lowest BCUT2D eigenvalue weighted by Crippen LogP contribution is -2.22. The van der Waals surface area contributed by atoms with Crippen LogP contribution in [0.1, 0.15) is 15.9 Å². The number of sulfonamides is 1. The largest absolute Gasteiger partial charge is 0.398 e. The number of carbonyl (C=O) groups is 1. The Morgan fingerprint density at radius 3 is 2.24 bits per heavy atom. The highest BCUT2D eigenvalue weighted by Crippen LogP contribution is 2.22. The fraction of sp³-hybridized carbons (Fsp3) is 0.133. The third-order valence-electron chi connectivity index (χ3n) is 3.08. The first-order valence-electron chi connectivity index (χ1n) is 6.26. The van der Waals surface area contributed by atoms with Crippen molar-refractivity contribution in [3.8, 4) is 0 Å². The Hall–Kier alpha value is -2.18. The molecule has 5 nitrogen and oxygen atoms in total. The van der Waals surface area contributed by atoms with Gasteiger partial charge in [0.1, 0.15) is 0 Å². The highest BCUT2D eigenvalue weighted by molar-refractivity contribution is 7.89. The van der Waals surface area contributed by atoms with Crippen LogP contribution >= 0.6 is 0 Å². The van der Waals surface area contributed by atoms with E-state index in [1.165, 1.54) is 32.3 Å². The molecule has 0 heterocycles. The van der Waals surface area contributed by atoms with Crippen LogP contribution in [0.15, 0.2) is 53.4 Å². The summed E-state index contributed by atoms with van der Waals surface area (Å²) in [4.78, 5) is 12.5. The van der Waals surface area contributed by atoms with Gasteiger partial charge in [0.05, 0.1) is 4.90 Å². The number of ketones is 1. The zero-order valence-electron chi connectivity index (χ0n) is 11.8. The first kappa shape index (κ1) is 15.2. The molecule has 0 amide bonds. The molecule has 0 saturated carbocycles. The van der Waals surface area contributed by atoms with Crippen molar-refractivity contribution < 1.29 is 13.2 Å². The van der Waals surface area contributed by atoms with E-state index in [0.29, 0.717) is 5.56 Å². The maximum Gasteiger partial charge on any atom is 0.242 e. The summed E-state index contributed by atoms with van der Waals surface area (Å²) in [6.45, 7) is 0. The summed E-state index contributed by atoms with van der Waals surface area (Å²) < 4.78 is 25.3. The second kappa shape index (κ2) is 5.67. The van der Waals surface area contributed by atoms with Crippen molar-refractivity contribution in [2.45, 2.75) is 4.90 Å². The Morgan fingerprint density at radius 2 is 1.67 bits per heavy atom.